The monoisotopic (exact) mass is 525 g/mol. The normalized spacial score (nSPS) is 14.4. The maximum absolute atomic E-state index is 14.6. The molecular weight excluding hydrogens is 500 g/mol. The number of benzene rings is 3. The number of carbonyl (C=O) groups is 1. The highest BCUT2D eigenvalue weighted by atomic mass is 19.1. The van der Waals surface area contributed by atoms with Gasteiger partial charge in [0.05, 0.1) is 42.5 Å². The minimum absolute atomic E-state index is 0.109. The number of hydrogen-bond donors (Lipinski definition) is 1. The number of halogens is 2. The van der Waals surface area contributed by atoms with E-state index < -0.39 is 23.7 Å². The Hall–Kier alpha value is -4.92. The van der Waals surface area contributed by atoms with E-state index >= 15 is 0 Å². The van der Waals surface area contributed by atoms with Crippen molar-refractivity contribution in [2.75, 3.05) is 12.4 Å². The highest BCUT2D eigenvalue weighted by Gasteiger charge is 2.36. The molecule has 0 bridgehead atoms. The van der Waals surface area contributed by atoms with Gasteiger partial charge in [0.25, 0.3) is 0 Å². The number of ether oxygens (including phenoxy) is 1. The predicted molar refractivity (Wildman–Crippen MR) is 143 cm³/mol. The second kappa shape index (κ2) is 9.75. The van der Waals surface area contributed by atoms with E-state index in [2.05, 4.69) is 5.32 Å². The number of fused-ring (bicyclic) bond motifs is 3. The average Bonchev–Trinajstić information content (AvgIpc) is 3.51. The zero-order valence-corrected chi connectivity index (χ0v) is 21.3. The molecule has 5 aromatic rings. The van der Waals surface area contributed by atoms with Crippen LogP contribution in [0, 0.1) is 18.6 Å². The van der Waals surface area contributed by atoms with Crippen molar-refractivity contribution in [1.29, 1.82) is 0 Å². The largest absolute Gasteiger partial charge is 0.497 e. The summed E-state index contributed by atoms with van der Waals surface area (Å²) < 4.78 is 37.5. The van der Waals surface area contributed by atoms with E-state index in [9.17, 15) is 13.6 Å². The Kier molecular flexibility index (Phi) is 6.11. The lowest BCUT2D eigenvalue weighted by Gasteiger charge is -2.31. The summed E-state index contributed by atoms with van der Waals surface area (Å²) >= 11 is 0. The third-order valence-electron chi connectivity index (χ3n) is 6.93. The van der Waals surface area contributed by atoms with Gasteiger partial charge in [-0.2, -0.15) is 5.10 Å². The van der Waals surface area contributed by atoms with Crippen molar-refractivity contribution >= 4 is 11.7 Å². The Labute approximate surface area is 223 Å². The van der Waals surface area contributed by atoms with Crippen molar-refractivity contribution in [2.24, 2.45) is 0 Å². The first kappa shape index (κ1) is 24.4. The molecule has 0 fully saturated rings. The van der Waals surface area contributed by atoms with Gasteiger partial charge in [0.1, 0.15) is 23.2 Å². The van der Waals surface area contributed by atoms with Crippen LogP contribution in [0.15, 0.2) is 91.1 Å². The van der Waals surface area contributed by atoms with Gasteiger partial charge < -0.3 is 19.5 Å². The van der Waals surface area contributed by atoms with Crippen LogP contribution in [0.4, 0.5) is 19.3 Å². The van der Waals surface area contributed by atoms with Gasteiger partial charge in [-0.25, -0.2) is 18.3 Å². The number of amides is 2. The molecule has 0 spiro atoms. The molecule has 1 N–H and O–H groups in total. The number of anilines is 1. The molecule has 0 aliphatic carbocycles. The quantitative estimate of drug-likeness (QED) is 0.296. The molecule has 7 nitrogen and oxygen atoms in total. The van der Waals surface area contributed by atoms with Gasteiger partial charge in [0.2, 0.25) is 0 Å². The summed E-state index contributed by atoms with van der Waals surface area (Å²) in [5, 5.41) is 7.48. The van der Waals surface area contributed by atoms with Gasteiger partial charge in [-0.05, 0) is 61.0 Å². The lowest BCUT2D eigenvalue weighted by atomic mass is 10.0. The Morgan fingerprint density at radius 1 is 1.00 bits per heavy atom. The van der Waals surface area contributed by atoms with E-state index in [1.165, 1.54) is 6.07 Å². The maximum Gasteiger partial charge on any atom is 0.323 e. The smallest absolute Gasteiger partial charge is 0.323 e. The molecule has 0 unspecified atom stereocenters. The van der Waals surface area contributed by atoms with Gasteiger partial charge in [-0.1, -0.05) is 30.3 Å². The topological polar surface area (TPSA) is 64.3 Å². The number of urea groups is 1. The third-order valence-corrected chi connectivity index (χ3v) is 6.93. The van der Waals surface area contributed by atoms with Crippen molar-refractivity contribution in [3.8, 4) is 17.3 Å². The number of aromatic nitrogens is 3. The molecule has 6 rings (SSSR count). The number of rotatable bonds is 4. The summed E-state index contributed by atoms with van der Waals surface area (Å²) in [6.07, 6.45) is 1.95. The van der Waals surface area contributed by atoms with E-state index in [-0.39, 0.29) is 12.2 Å². The Morgan fingerprint density at radius 2 is 1.82 bits per heavy atom. The van der Waals surface area contributed by atoms with Crippen LogP contribution in [-0.4, -0.2) is 32.4 Å². The van der Waals surface area contributed by atoms with Crippen LogP contribution < -0.4 is 10.1 Å². The molecule has 2 aromatic heterocycles. The van der Waals surface area contributed by atoms with Crippen molar-refractivity contribution < 1.29 is 18.3 Å². The van der Waals surface area contributed by atoms with Crippen LogP contribution in [-0.2, 0) is 6.54 Å². The Balaban J connectivity index is 1.54. The summed E-state index contributed by atoms with van der Waals surface area (Å²) in [4.78, 5) is 15.6. The molecule has 39 heavy (non-hydrogen) atoms. The van der Waals surface area contributed by atoms with Crippen LogP contribution in [0.3, 0.4) is 0 Å². The zero-order chi connectivity index (χ0) is 27.1. The second-order valence-electron chi connectivity index (χ2n) is 9.30. The van der Waals surface area contributed by atoms with Crippen LogP contribution in [0.5, 0.6) is 5.75 Å². The van der Waals surface area contributed by atoms with Crippen molar-refractivity contribution in [2.45, 2.75) is 19.5 Å². The Morgan fingerprint density at radius 3 is 2.59 bits per heavy atom. The number of methoxy groups -OCH3 is 1. The summed E-state index contributed by atoms with van der Waals surface area (Å²) in [6, 6.07) is 23.1. The molecule has 2 amide bonds. The zero-order valence-electron chi connectivity index (χ0n) is 21.3. The highest BCUT2D eigenvalue weighted by molar-refractivity contribution is 5.90. The molecule has 3 heterocycles. The minimum Gasteiger partial charge on any atom is -0.497 e. The molecule has 3 aromatic carbocycles. The van der Waals surface area contributed by atoms with E-state index in [4.69, 9.17) is 9.84 Å². The average molecular weight is 526 g/mol. The fourth-order valence-corrected chi connectivity index (χ4v) is 5.09. The van der Waals surface area contributed by atoms with Crippen LogP contribution >= 0.6 is 0 Å². The summed E-state index contributed by atoms with van der Waals surface area (Å²) in [5.74, 6) is -0.118. The minimum atomic E-state index is -0.853. The van der Waals surface area contributed by atoms with Crippen LogP contribution in [0.25, 0.3) is 11.5 Å². The summed E-state index contributed by atoms with van der Waals surface area (Å²) in [5.41, 5.74) is 4.00. The van der Waals surface area contributed by atoms with E-state index in [1.54, 1.807) is 12.0 Å². The number of carbonyl (C=O) groups excluding carboxylic acids is 1. The molecule has 0 radical (unpaired) electrons. The summed E-state index contributed by atoms with van der Waals surface area (Å²) in [7, 11) is 1.59. The van der Waals surface area contributed by atoms with E-state index in [0.29, 0.717) is 5.75 Å². The van der Waals surface area contributed by atoms with Crippen molar-refractivity contribution in [3.63, 3.8) is 0 Å². The maximum atomic E-state index is 14.6. The van der Waals surface area contributed by atoms with Crippen molar-refractivity contribution in [3.05, 3.63) is 125 Å². The summed E-state index contributed by atoms with van der Waals surface area (Å²) in [6.45, 7) is 2.09. The van der Waals surface area contributed by atoms with Crippen LogP contribution in [0.1, 0.15) is 28.6 Å². The predicted octanol–water partition coefficient (Wildman–Crippen LogP) is 6.40. The molecule has 196 valence electrons. The first-order valence-electron chi connectivity index (χ1n) is 12.4. The first-order valence-corrected chi connectivity index (χ1v) is 12.4. The molecule has 0 saturated carbocycles. The number of nitrogens with one attached hydrogen (secondary N) is 1. The number of para-hydroxylation sites is 1. The third kappa shape index (κ3) is 4.31. The second-order valence-corrected chi connectivity index (χ2v) is 9.30. The Bertz CT molecular complexity index is 1680. The molecule has 1 aliphatic rings. The first-order chi connectivity index (χ1) is 18.9. The van der Waals surface area contributed by atoms with Gasteiger partial charge in [-0.3, -0.25) is 0 Å². The SMILES string of the molecule is COc1cccc([C@@H]2c3cccn3-c3c(c(C)nn3-c3ccccc3)CN2C(=O)Nc2ccc(F)cc2F)c1. The highest BCUT2D eigenvalue weighted by Crippen LogP contribution is 2.39. The van der Waals surface area contributed by atoms with Gasteiger partial charge in [0.15, 0.2) is 0 Å². The van der Waals surface area contributed by atoms with E-state index in [0.717, 1.165) is 46.2 Å². The molecule has 0 saturated heterocycles. The van der Waals surface area contributed by atoms with Gasteiger partial charge >= 0.3 is 6.03 Å². The molecule has 9 heteroatoms. The number of hydrogen-bond acceptors (Lipinski definition) is 3. The van der Waals surface area contributed by atoms with E-state index in [1.807, 2.05) is 89.1 Å². The van der Waals surface area contributed by atoms with Gasteiger partial charge in [-0.15, -0.1) is 0 Å². The van der Waals surface area contributed by atoms with Crippen molar-refractivity contribution in [1.82, 2.24) is 19.2 Å². The lowest BCUT2D eigenvalue weighted by molar-refractivity contribution is 0.194. The fourth-order valence-electron chi connectivity index (χ4n) is 5.09. The molecule has 1 atom stereocenters. The number of nitrogens with zero attached hydrogens (tertiary/aromatic N) is 4. The standard InChI is InChI=1S/C30H25F2N5O2/c1-19-24-18-36(30(38)33-26-14-13-21(31)17-25(26)32)28(20-8-6-11-23(16-20)39-2)27-12-7-15-35(27)29(24)37(34-19)22-9-4-3-5-10-22/h3-17,28H,18H2,1-2H3,(H,33,38)/t28-/m1/s1. The van der Waals surface area contributed by atoms with Crippen LogP contribution in [0.2, 0.25) is 0 Å². The number of aryl methyl sites for hydroxylation is 1. The lowest BCUT2D eigenvalue weighted by Crippen LogP contribution is -2.38. The molecule has 1 aliphatic heterocycles. The van der Waals surface area contributed by atoms with Gasteiger partial charge in [0, 0.05) is 17.8 Å². The fraction of sp³-hybridized carbons (Fsp3) is 0.133. The molecular formula is C30H25F2N5O2.